The number of nitrogens with zero attached hydrogens (tertiary/aromatic N) is 2. The second-order valence-corrected chi connectivity index (χ2v) is 4.56. The van der Waals surface area contributed by atoms with E-state index in [9.17, 15) is 18.0 Å². The summed E-state index contributed by atoms with van der Waals surface area (Å²) in [5.74, 6) is -2.17. The summed E-state index contributed by atoms with van der Waals surface area (Å²) in [4.78, 5) is 18.5. The third-order valence-electron chi connectivity index (χ3n) is 2.67. The molecule has 2 rings (SSSR count). The van der Waals surface area contributed by atoms with Crippen LogP contribution in [0, 0.1) is 0 Å². The SMILES string of the molecule is CCOC(=O)c1cnc(C(F)(F)F)nc1-c1ccccc1Cl. The van der Waals surface area contributed by atoms with Crippen molar-refractivity contribution in [2.45, 2.75) is 13.1 Å². The number of carbonyl (C=O) groups is 1. The molecule has 0 radical (unpaired) electrons. The van der Waals surface area contributed by atoms with Gasteiger partial charge in [-0.3, -0.25) is 0 Å². The Kier molecular flexibility index (Phi) is 4.65. The normalized spacial score (nSPS) is 11.3. The molecular weight excluding hydrogens is 321 g/mol. The van der Waals surface area contributed by atoms with Crippen molar-refractivity contribution in [2.75, 3.05) is 6.61 Å². The first kappa shape index (κ1) is 16.2. The first-order valence-electron chi connectivity index (χ1n) is 6.21. The Morgan fingerprint density at radius 1 is 1.32 bits per heavy atom. The van der Waals surface area contributed by atoms with Gasteiger partial charge in [-0.1, -0.05) is 29.8 Å². The number of benzene rings is 1. The van der Waals surface area contributed by atoms with Crippen LogP contribution in [0.25, 0.3) is 11.3 Å². The highest BCUT2D eigenvalue weighted by Crippen LogP contribution is 2.32. The van der Waals surface area contributed by atoms with Gasteiger partial charge in [0, 0.05) is 16.8 Å². The van der Waals surface area contributed by atoms with Crippen LogP contribution in [0.5, 0.6) is 0 Å². The zero-order chi connectivity index (χ0) is 16.3. The number of rotatable bonds is 3. The Morgan fingerprint density at radius 2 is 2.00 bits per heavy atom. The molecule has 1 heterocycles. The number of esters is 1. The molecule has 116 valence electrons. The second kappa shape index (κ2) is 6.31. The highest BCUT2D eigenvalue weighted by molar-refractivity contribution is 6.33. The maximum atomic E-state index is 12.8. The molecule has 1 aromatic carbocycles. The van der Waals surface area contributed by atoms with Gasteiger partial charge in [0.05, 0.1) is 12.3 Å². The van der Waals surface area contributed by atoms with Crippen molar-refractivity contribution in [2.24, 2.45) is 0 Å². The minimum atomic E-state index is -4.73. The average molecular weight is 331 g/mol. The van der Waals surface area contributed by atoms with Crippen LogP contribution in [-0.4, -0.2) is 22.5 Å². The van der Waals surface area contributed by atoms with Gasteiger partial charge in [-0.25, -0.2) is 14.8 Å². The van der Waals surface area contributed by atoms with E-state index in [1.165, 1.54) is 12.1 Å². The lowest BCUT2D eigenvalue weighted by Crippen LogP contribution is -2.15. The van der Waals surface area contributed by atoms with E-state index in [2.05, 4.69) is 9.97 Å². The molecule has 4 nitrogen and oxygen atoms in total. The van der Waals surface area contributed by atoms with Gasteiger partial charge in [-0.2, -0.15) is 13.2 Å². The molecule has 0 amide bonds. The molecule has 0 aliphatic rings. The number of ether oxygens (including phenoxy) is 1. The molecule has 0 saturated heterocycles. The highest BCUT2D eigenvalue weighted by atomic mass is 35.5. The summed E-state index contributed by atoms with van der Waals surface area (Å²) in [5.41, 5.74) is -0.200. The number of alkyl halides is 3. The fraction of sp³-hybridized carbons (Fsp3) is 0.214. The predicted octanol–water partition coefficient (Wildman–Crippen LogP) is 3.99. The summed E-state index contributed by atoms with van der Waals surface area (Å²) >= 11 is 5.99. The van der Waals surface area contributed by atoms with E-state index in [0.29, 0.717) is 0 Å². The fourth-order valence-electron chi connectivity index (χ4n) is 1.74. The van der Waals surface area contributed by atoms with E-state index in [1.54, 1.807) is 19.1 Å². The van der Waals surface area contributed by atoms with Crippen molar-refractivity contribution in [3.05, 3.63) is 46.9 Å². The molecule has 0 fully saturated rings. The van der Waals surface area contributed by atoms with Gasteiger partial charge in [0.25, 0.3) is 0 Å². The van der Waals surface area contributed by atoms with Crippen LogP contribution in [-0.2, 0) is 10.9 Å². The van der Waals surface area contributed by atoms with Gasteiger partial charge in [-0.05, 0) is 13.0 Å². The predicted molar refractivity (Wildman–Crippen MR) is 73.4 cm³/mol. The quantitative estimate of drug-likeness (QED) is 0.798. The zero-order valence-electron chi connectivity index (χ0n) is 11.3. The maximum Gasteiger partial charge on any atom is 0.451 e. The van der Waals surface area contributed by atoms with E-state index < -0.39 is 18.0 Å². The Morgan fingerprint density at radius 3 is 2.59 bits per heavy atom. The Bertz CT molecular complexity index is 705. The molecule has 0 saturated carbocycles. The molecule has 0 aliphatic carbocycles. The summed E-state index contributed by atoms with van der Waals surface area (Å²) in [7, 11) is 0. The lowest BCUT2D eigenvalue weighted by Gasteiger charge is -2.12. The summed E-state index contributed by atoms with van der Waals surface area (Å²) in [5, 5.41) is 0.167. The summed E-state index contributed by atoms with van der Waals surface area (Å²) in [6.45, 7) is 1.65. The number of halogens is 4. The Hall–Kier alpha value is -2.15. The largest absolute Gasteiger partial charge is 0.462 e. The van der Waals surface area contributed by atoms with Crippen LogP contribution in [0.4, 0.5) is 13.2 Å². The average Bonchev–Trinajstić information content (AvgIpc) is 2.46. The molecule has 0 N–H and O–H groups in total. The van der Waals surface area contributed by atoms with E-state index in [-0.39, 0.29) is 28.5 Å². The number of hydrogen-bond acceptors (Lipinski definition) is 4. The van der Waals surface area contributed by atoms with Gasteiger partial charge in [0.2, 0.25) is 5.82 Å². The molecule has 0 spiro atoms. The minimum Gasteiger partial charge on any atom is -0.462 e. The smallest absolute Gasteiger partial charge is 0.451 e. The van der Waals surface area contributed by atoms with Gasteiger partial charge >= 0.3 is 12.1 Å². The van der Waals surface area contributed by atoms with Crippen LogP contribution >= 0.6 is 11.6 Å². The molecule has 1 aromatic heterocycles. The lowest BCUT2D eigenvalue weighted by atomic mass is 10.1. The minimum absolute atomic E-state index is 0.0712. The third kappa shape index (κ3) is 3.36. The monoisotopic (exact) mass is 330 g/mol. The van der Waals surface area contributed by atoms with E-state index >= 15 is 0 Å². The van der Waals surface area contributed by atoms with Gasteiger partial charge < -0.3 is 4.74 Å². The number of hydrogen-bond donors (Lipinski definition) is 0. The van der Waals surface area contributed by atoms with Crippen molar-refractivity contribution in [1.29, 1.82) is 0 Å². The summed E-state index contributed by atoms with van der Waals surface area (Å²) < 4.78 is 43.2. The van der Waals surface area contributed by atoms with Crippen molar-refractivity contribution in [3.8, 4) is 11.3 Å². The molecule has 0 bridgehead atoms. The first-order valence-corrected chi connectivity index (χ1v) is 6.58. The molecule has 0 atom stereocenters. The Labute approximate surface area is 128 Å². The lowest BCUT2D eigenvalue weighted by molar-refractivity contribution is -0.144. The third-order valence-corrected chi connectivity index (χ3v) is 3.00. The van der Waals surface area contributed by atoms with Gasteiger partial charge in [0.1, 0.15) is 5.56 Å². The van der Waals surface area contributed by atoms with E-state index in [0.717, 1.165) is 6.20 Å². The van der Waals surface area contributed by atoms with E-state index in [1.807, 2.05) is 0 Å². The van der Waals surface area contributed by atoms with Gasteiger partial charge in [-0.15, -0.1) is 0 Å². The second-order valence-electron chi connectivity index (χ2n) is 4.15. The van der Waals surface area contributed by atoms with Gasteiger partial charge in [0.15, 0.2) is 0 Å². The summed E-state index contributed by atoms with van der Waals surface area (Å²) in [6.07, 6.45) is -3.93. The van der Waals surface area contributed by atoms with Crippen molar-refractivity contribution in [3.63, 3.8) is 0 Å². The standard InChI is InChI=1S/C14H10ClF3N2O2/c1-2-22-12(21)9-7-19-13(14(16,17)18)20-11(9)8-5-3-4-6-10(8)15/h3-7H,2H2,1H3. The fourth-order valence-corrected chi connectivity index (χ4v) is 1.96. The van der Waals surface area contributed by atoms with Crippen LogP contribution in [0.3, 0.4) is 0 Å². The van der Waals surface area contributed by atoms with Crippen LogP contribution in [0.15, 0.2) is 30.5 Å². The number of carbonyl (C=O) groups excluding carboxylic acids is 1. The molecule has 22 heavy (non-hydrogen) atoms. The molecule has 8 heteroatoms. The van der Waals surface area contributed by atoms with Crippen molar-refractivity contribution >= 4 is 17.6 Å². The van der Waals surface area contributed by atoms with Crippen molar-refractivity contribution < 1.29 is 22.7 Å². The maximum absolute atomic E-state index is 12.8. The van der Waals surface area contributed by atoms with Crippen LogP contribution < -0.4 is 0 Å². The topological polar surface area (TPSA) is 52.1 Å². The van der Waals surface area contributed by atoms with Crippen molar-refractivity contribution in [1.82, 2.24) is 9.97 Å². The van der Waals surface area contributed by atoms with Crippen LogP contribution in [0.2, 0.25) is 5.02 Å². The zero-order valence-corrected chi connectivity index (χ0v) is 12.1. The van der Waals surface area contributed by atoms with Crippen LogP contribution in [0.1, 0.15) is 23.1 Å². The molecule has 0 unspecified atom stereocenters. The first-order chi connectivity index (χ1) is 10.3. The highest BCUT2D eigenvalue weighted by Gasteiger charge is 2.36. The Balaban J connectivity index is 2.66. The molecule has 0 aliphatic heterocycles. The molecule has 2 aromatic rings. The number of aromatic nitrogens is 2. The van der Waals surface area contributed by atoms with E-state index in [4.69, 9.17) is 16.3 Å². The summed E-state index contributed by atoms with van der Waals surface area (Å²) in [6, 6.07) is 6.14. The molecular formula is C14H10ClF3N2O2.